The van der Waals surface area contributed by atoms with Crippen molar-refractivity contribution in [1.29, 1.82) is 0 Å². The summed E-state index contributed by atoms with van der Waals surface area (Å²) >= 11 is 0. The van der Waals surface area contributed by atoms with Crippen LogP contribution in [0.2, 0.25) is 0 Å². The van der Waals surface area contributed by atoms with Gasteiger partial charge in [0.15, 0.2) is 0 Å². The van der Waals surface area contributed by atoms with Gasteiger partial charge in [-0.25, -0.2) is 0 Å². The first-order chi connectivity index (χ1) is 27.8. The maximum atomic E-state index is 13.0. The monoisotopic (exact) mass is 804 g/mol. The van der Waals surface area contributed by atoms with E-state index in [1.165, 1.54) is 96.3 Å². The summed E-state index contributed by atoms with van der Waals surface area (Å²) in [6.07, 6.45) is 34.4. The highest BCUT2D eigenvalue weighted by molar-refractivity contribution is 5.73. The van der Waals surface area contributed by atoms with Crippen LogP contribution in [0, 0.1) is 0 Å². The van der Waals surface area contributed by atoms with Crippen LogP contribution in [0.3, 0.4) is 0 Å². The number of esters is 2. The molecule has 0 atom stereocenters. The Kier molecular flexibility index (Phi) is 33.8. The molecule has 0 unspecified atom stereocenters. The van der Waals surface area contributed by atoms with Crippen molar-refractivity contribution in [3.8, 4) is 0 Å². The molecule has 9 heteroatoms. The quantitative estimate of drug-likeness (QED) is 0.0379. The van der Waals surface area contributed by atoms with E-state index < -0.39 is 10.9 Å². The molecular formula is C48H89N3O6. The molecule has 2 N–H and O–H groups in total. The topological polar surface area (TPSA) is 114 Å². The molecule has 0 saturated heterocycles. The largest absolute Gasteiger partial charge is 0.462 e. The number of hydrogen-bond donors (Lipinski definition) is 2. The summed E-state index contributed by atoms with van der Waals surface area (Å²) in [5.74, 6) is -0.0736. The fraction of sp³-hybridized carbons (Fsp3) is 0.875. The van der Waals surface area contributed by atoms with Crippen molar-refractivity contribution in [2.24, 2.45) is 0 Å². The van der Waals surface area contributed by atoms with Crippen LogP contribution >= 0.6 is 0 Å². The van der Waals surface area contributed by atoms with Gasteiger partial charge in [-0.2, -0.15) is 0 Å². The second-order valence-corrected chi connectivity index (χ2v) is 16.7. The normalized spacial score (nSPS) is 11.6. The number of carbonyl (C=O) groups is 2. The number of rotatable bonds is 42. The highest BCUT2D eigenvalue weighted by Gasteiger charge is 2.19. The zero-order valence-electron chi connectivity index (χ0n) is 37.8. The van der Waals surface area contributed by atoms with Crippen LogP contribution in [0.4, 0.5) is 11.4 Å². The average molecular weight is 804 g/mol. The minimum atomic E-state index is -0.441. The number of nitrogens with zero attached hydrogens (tertiary/aromatic N) is 1. The van der Waals surface area contributed by atoms with Crippen LogP contribution in [0.1, 0.15) is 227 Å². The van der Waals surface area contributed by atoms with Crippen molar-refractivity contribution < 1.29 is 19.1 Å². The van der Waals surface area contributed by atoms with Gasteiger partial charge < -0.3 is 25.0 Å². The molecule has 0 saturated carbocycles. The lowest BCUT2D eigenvalue weighted by Crippen LogP contribution is -2.37. The SMILES string of the molecule is CCCCCCCCCC(CCCCCCCCC)OC(=O)CCCCN(CCCCCCCCCC(=O)OC(CC)CC)CCCCNc1c(NC)c(=O)c1=O. The molecule has 1 aromatic rings. The fourth-order valence-electron chi connectivity index (χ4n) is 7.77. The summed E-state index contributed by atoms with van der Waals surface area (Å²) in [5.41, 5.74) is -0.0633. The third kappa shape index (κ3) is 27.1. The third-order valence-corrected chi connectivity index (χ3v) is 11.6. The van der Waals surface area contributed by atoms with Gasteiger partial charge in [-0.3, -0.25) is 19.2 Å². The Bertz CT molecular complexity index is 1160. The first-order valence-electron chi connectivity index (χ1n) is 24.2. The van der Waals surface area contributed by atoms with Gasteiger partial charge in [-0.15, -0.1) is 0 Å². The highest BCUT2D eigenvalue weighted by atomic mass is 16.5. The summed E-state index contributed by atoms with van der Waals surface area (Å²) in [4.78, 5) is 51.3. The Morgan fingerprint density at radius 3 is 1.37 bits per heavy atom. The predicted molar refractivity (Wildman–Crippen MR) is 241 cm³/mol. The van der Waals surface area contributed by atoms with Crippen LogP contribution in [-0.4, -0.2) is 62.3 Å². The molecule has 0 spiro atoms. The van der Waals surface area contributed by atoms with Crippen molar-refractivity contribution in [3.05, 3.63) is 20.4 Å². The summed E-state index contributed by atoms with van der Waals surface area (Å²) in [6, 6.07) is 0. The van der Waals surface area contributed by atoms with Gasteiger partial charge in [0, 0.05) is 26.4 Å². The molecule has 0 fully saturated rings. The molecule has 1 rings (SSSR count). The molecule has 0 amide bonds. The van der Waals surface area contributed by atoms with Gasteiger partial charge in [0.1, 0.15) is 23.6 Å². The molecule has 0 aliphatic heterocycles. The molecule has 0 aliphatic rings. The van der Waals surface area contributed by atoms with Gasteiger partial charge in [0.05, 0.1) is 0 Å². The maximum absolute atomic E-state index is 13.0. The van der Waals surface area contributed by atoms with Crippen molar-refractivity contribution in [2.45, 2.75) is 239 Å². The van der Waals surface area contributed by atoms with E-state index in [1.54, 1.807) is 7.05 Å². The zero-order chi connectivity index (χ0) is 41.8. The molecule has 9 nitrogen and oxygen atoms in total. The molecule has 332 valence electrons. The van der Waals surface area contributed by atoms with Crippen molar-refractivity contribution in [1.82, 2.24) is 4.90 Å². The highest BCUT2D eigenvalue weighted by Crippen LogP contribution is 2.19. The van der Waals surface area contributed by atoms with Crippen LogP contribution in [0.5, 0.6) is 0 Å². The Balaban J connectivity index is 2.49. The van der Waals surface area contributed by atoms with Crippen molar-refractivity contribution >= 4 is 23.3 Å². The lowest BCUT2D eigenvalue weighted by molar-refractivity contribution is -0.150. The summed E-state index contributed by atoms with van der Waals surface area (Å²) in [7, 11) is 1.67. The van der Waals surface area contributed by atoms with E-state index in [4.69, 9.17) is 9.47 Å². The van der Waals surface area contributed by atoms with E-state index in [0.29, 0.717) is 30.8 Å². The smallest absolute Gasteiger partial charge is 0.306 e. The molecule has 0 heterocycles. The molecule has 0 aliphatic carbocycles. The predicted octanol–water partition coefficient (Wildman–Crippen LogP) is 12.0. The second-order valence-electron chi connectivity index (χ2n) is 16.7. The maximum Gasteiger partial charge on any atom is 0.306 e. The van der Waals surface area contributed by atoms with E-state index >= 15 is 0 Å². The lowest BCUT2D eigenvalue weighted by Gasteiger charge is -2.23. The molecular weight excluding hydrogens is 715 g/mol. The molecule has 57 heavy (non-hydrogen) atoms. The van der Waals surface area contributed by atoms with Crippen LogP contribution in [0.25, 0.3) is 0 Å². The Hall–Kier alpha value is -2.42. The van der Waals surface area contributed by atoms with E-state index in [-0.39, 0.29) is 24.1 Å². The Morgan fingerprint density at radius 1 is 0.491 bits per heavy atom. The van der Waals surface area contributed by atoms with E-state index in [2.05, 4.69) is 43.2 Å². The van der Waals surface area contributed by atoms with Gasteiger partial charge in [-0.05, 0) is 96.7 Å². The lowest BCUT2D eigenvalue weighted by atomic mass is 10.0. The fourth-order valence-corrected chi connectivity index (χ4v) is 7.77. The molecule has 1 aromatic carbocycles. The number of ether oxygens (including phenoxy) is 2. The Labute approximate surface area is 349 Å². The van der Waals surface area contributed by atoms with Crippen molar-refractivity contribution in [3.63, 3.8) is 0 Å². The van der Waals surface area contributed by atoms with E-state index in [0.717, 1.165) is 110 Å². The second kappa shape index (κ2) is 36.6. The minimum absolute atomic E-state index is 0.0224. The van der Waals surface area contributed by atoms with Crippen LogP contribution in [-0.2, 0) is 19.1 Å². The van der Waals surface area contributed by atoms with Crippen molar-refractivity contribution in [2.75, 3.05) is 43.9 Å². The summed E-state index contributed by atoms with van der Waals surface area (Å²) < 4.78 is 11.7. The van der Waals surface area contributed by atoms with Gasteiger partial charge in [0.25, 0.3) is 10.9 Å². The Morgan fingerprint density at radius 2 is 0.877 bits per heavy atom. The summed E-state index contributed by atoms with van der Waals surface area (Å²) in [6.45, 7) is 12.3. The minimum Gasteiger partial charge on any atom is -0.462 e. The first-order valence-corrected chi connectivity index (χ1v) is 24.2. The van der Waals surface area contributed by atoms with Crippen LogP contribution < -0.4 is 21.5 Å². The summed E-state index contributed by atoms with van der Waals surface area (Å²) in [5, 5.41) is 5.98. The molecule has 0 bridgehead atoms. The van der Waals surface area contributed by atoms with Gasteiger partial charge >= 0.3 is 11.9 Å². The average Bonchev–Trinajstić information content (AvgIpc) is 3.21. The molecule has 0 aromatic heterocycles. The van der Waals surface area contributed by atoms with Gasteiger partial charge in [-0.1, -0.05) is 137 Å². The van der Waals surface area contributed by atoms with Crippen LogP contribution in [0.15, 0.2) is 9.59 Å². The third-order valence-electron chi connectivity index (χ3n) is 11.6. The van der Waals surface area contributed by atoms with E-state index in [1.807, 2.05) is 0 Å². The van der Waals surface area contributed by atoms with Gasteiger partial charge in [0.2, 0.25) is 0 Å². The number of nitrogens with one attached hydrogen (secondary N) is 2. The number of carbonyl (C=O) groups excluding carboxylic acids is 2. The number of unbranched alkanes of at least 4 members (excludes halogenated alkanes) is 20. The zero-order valence-corrected chi connectivity index (χ0v) is 37.8. The number of anilines is 2. The first kappa shape index (κ1) is 52.6. The standard InChI is InChI=1S/C48H89N3O6/c1-6-10-12-14-17-21-25-33-42(34-26-22-18-15-13-11-7-2)57-44(53)36-28-31-39-51(40-32-29-37-50-46-45(49-5)47(54)48(46)55)38-30-24-20-16-19-23-27-35-43(52)56-41(8-3)9-4/h41-42,49-50H,6-40H2,1-5H3. The van der Waals surface area contributed by atoms with E-state index in [9.17, 15) is 19.2 Å². The number of hydrogen-bond acceptors (Lipinski definition) is 9. The molecule has 0 radical (unpaired) electrons.